The van der Waals surface area contributed by atoms with E-state index in [-0.39, 0.29) is 9.64 Å². The van der Waals surface area contributed by atoms with Crippen molar-refractivity contribution in [1.82, 2.24) is 0 Å². The van der Waals surface area contributed by atoms with E-state index in [0.717, 1.165) is 29.9 Å². The Morgan fingerprint density at radius 3 is 2.19 bits per heavy atom. The molecule has 1 aromatic carbocycles. The second-order valence-electron chi connectivity index (χ2n) is 7.06. The van der Waals surface area contributed by atoms with E-state index in [9.17, 15) is 9.90 Å². The molecule has 5 heteroatoms. The van der Waals surface area contributed by atoms with Gasteiger partial charge in [0.2, 0.25) is 0 Å². The van der Waals surface area contributed by atoms with Crippen LogP contribution < -0.4 is 0 Å². The highest BCUT2D eigenvalue weighted by Gasteiger charge is 2.41. The molecule has 0 spiro atoms. The van der Waals surface area contributed by atoms with Gasteiger partial charge >= 0.3 is 5.97 Å². The number of benzene rings is 1. The molecule has 0 saturated carbocycles. The summed E-state index contributed by atoms with van der Waals surface area (Å²) in [6.07, 6.45) is 10.6. The van der Waals surface area contributed by atoms with Gasteiger partial charge < -0.3 is 10.2 Å². The van der Waals surface area contributed by atoms with Crippen LogP contribution in [-0.4, -0.2) is 31.8 Å². The van der Waals surface area contributed by atoms with Crippen molar-refractivity contribution in [3.63, 3.8) is 0 Å². The Morgan fingerprint density at radius 2 is 1.62 bits per heavy atom. The molecule has 1 saturated heterocycles. The smallest absolute Gasteiger partial charge is 0.335 e. The summed E-state index contributed by atoms with van der Waals surface area (Å²) >= 11 is 3.79. The van der Waals surface area contributed by atoms with Crippen molar-refractivity contribution >= 4 is 29.5 Å². The van der Waals surface area contributed by atoms with Crippen LogP contribution in [0.3, 0.4) is 0 Å². The van der Waals surface area contributed by atoms with Crippen molar-refractivity contribution < 1.29 is 15.0 Å². The molecule has 1 aliphatic heterocycles. The molecule has 1 aromatic rings. The summed E-state index contributed by atoms with van der Waals surface area (Å²) in [4.78, 5) is 11.0. The topological polar surface area (TPSA) is 57.5 Å². The predicted octanol–water partition coefficient (Wildman–Crippen LogP) is 6.13. The summed E-state index contributed by atoms with van der Waals surface area (Å²) in [5.74, 6) is 1.26. The minimum atomic E-state index is -0.926. The molecule has 2 rings (SSSR count). The van der Waals surface area contributed by atoms with E-state index >= 15 is 0 Å². The summed E-state index contributed by atoms with van der Waals surface area (Å²) in [6, 6.07) is 6.74. The predicted molar refractivity (Wildman–Crippen MR) is 113 cm³/mol. The van der Waals surface area contributed by atoms with Crippen LogP contribution in [0.2, 0.25) is 0 Å². The van der Waals surface area contributed by atoms with Gasteiger partial charge in [0.15, 0.2) is 0 Å². The summed E-state index contributed by atoms with van der Waals surface area (Å²) < 4.78 is -0.188. The molecular formula is C21H32O3S2. The van der Waals surface area contributed by atoms with Crippen LogP contribution in [0.1, 0.15) is 86.7 Å². The van der Waals surface area contributed by atoms with E-state index in [4.69, 9.17) is 5.11 Å². The molecule has 0 bridgehead atoms. The zero-order valence-corrected chi connectivity index (χ0v) is 17.4. The van der Waals surface area contributed by atoms with Gasteiger partial charge in [0.25, 0.3) is 0 Å². The van der Waals surface area contributed by atoms with Gasteiger partial charge in [0.05, 0.1) is 9.64 Å². The summed E-state index contributed by atoms with van der Waals surface area (Å²) in [6.45, 7) is 2.24. The number of aliphatic hydroxyl groups excluding tert-OH is 1. The number of hydrogen-bond acceptors (Lipinski definition) is 4. The molecule has 26 heavy (non-hydrogen) atoms. The largest absolute Gasteiger partial charge is 0.478 e. The molecule has 1 fully saturated rings. The zero-order valence-electron chi connectivity index (χ0n) is 15.8. The Balaban J connectivity index is 1.95. The lowest BCUT2D eigenvalue weighted by Crippen LogP contribution is -2.33. The van der Waals surface area contributed by atoms with Crippen LogP contribution in [0, 0.1) is 0 Å². The Bertz CT molecular complexity index is 539. The van der Waals surface area contributed by atoms with E-state index in [1.807, 2.05) is 23.5 Å². The SMILES string of the molecule is CCCCCCCCCC1(C(O)c2ccc(C(=O)O)cc2)SCCCS1. The number of carboxylic acid groups (broad SMARTS) is 1. The minimum absolute atomic E-state index is 0.188. The van der Waals surface area contributed by atoms with Gasteiger partial charge in [-0.1, -0.05) is 64.0 Å². The molecule has 0 aromatic heterocycles. The Kier molecular flexibility index (Phi) is 9.37. The third-order valence-corrected chi connectivity index (χ3v) is 8.52. The van der Waals surface area contributed by atoms with Crippen LogP contribution in [0.25, 0.3) is 0 Å². The zero-order chi connectivity index (χ0) is 18.8. The molecule has 0 radical (unpaired) electrons. The molecule has 1 aliphatic rings. The molecule has 0 amide bonds. The fourth-order valence-electron chi connectivity index (χ4n) is 3.42. The fourth-order valence-corrected chi connectivity index (χ4v) is 6.87. The van der Waals surface area contributed by atoms with E-state index in [2.05, 4.69) is 6.92 Å². The summed E-state index contributed by atoms with van der Waals surface area (Å²) in [5, 5.41) is 20.2. The fraction of sp³-hybridized carbons (Fsp3) is 0.667. The van der Waals surface area contributed by atoms with Crippen molar-refractivity contribution in [2.24, 2.45) is 0 Å². The number of hydrogen-bond donors (Lipinski definition) is 2. The standard InChI is InChI=1S/C21H32O3S2/c1-2-3-4-5-6-7-8-14-21(25-15-9-16-26-21)19(22)17-10-12-18(13-11-17)20(23)24/h10-13,19,22H,2-9,14-16H2,1H3,(H,23,24). The number of unbranched alkanes of at least 4 members (excludes halogenated alkanes) is 6. The Hall–Kier alpha value is -0.650. The van der Waals surface area contributed by atoms with E-state index < -0.39 is 12.1 Å². The highest BCUT2D eigenvalue weighted by molar-refractivity contribution is 8.18. The summed E-state index contributed by atoms with van der Waals surface area (Å²) in [5.41, 5.74) is 1.10. The van der Waals surface area contributed by atoms with Crippen LogP contribution in [0.5, 0.6) is 0 Å². The van der Waals surface area contributed by atoms with Crippen LogP contribution in [0.15, 0.2) is 24.3 Å². The third kappa shape index (κ3) is 6.21. The number of rotatable bonds is 11. The number of aliphatic hydroxyl groups is 1. The van der Waals surface area contributed by atoms with Gasteiger partial charge in [-0.25, -0.2) is 4.79 Å². The van der Waals surface area contributed by atoms with Crippen molar-refractivity contribution in [2.45, 2.75) is 74.9 Å². The van der Waals surface area contributed by atoms with Crippen LogP contribution >= 0.6 is 23.5 Å². The van der Waals surface area contributed by atoms with Crippen LogP contribution in [-0.2, 0) is 0 Å². The average molecular weight is 397 g/mol. The lowest BCUT2D eigenvalue weighted by atomic mass is 9.99. The van der Waals surface area contributed by atoms with Gasteiger partial charge in [0, 0.05) is 0 Å². The van der Waals surface area contributed by atoms with Crippen molar-refractivity contribution in [1.29, 1.82) is 0 Å². The van der Waals surface area contributed by atoms with Gasteiger partial charge in [-0.3, -0.25) is 0 Å². The molecule has 1 unspecified atom stereocenters. The maximum atomic E-state index is 11.1. The van der Waals surface area contributed by atoms with Crippen molar-refractivity contribution in [2.75, 3.05) is 11.5 Å². The highest BCUT2D eigenvalue weighted by Crippen LogP contribution is 2.53. The van der Waals surface area contributed by atoms with E-state index in [1.165, 1.54) is 44.9 Å². The molecule has 1 heterocycles. The number of carbonyl (C=O) groups is 1. The normalized spacial score (nSPS) is 17.8. The van der Waals surface area contributed by atoms with E-state index in [0.29, 0.717) is 0 Å². The second-order valence-corrected chi connectivity index (χ2v) is 10.2. The number of carboxylic acids is 1. The maximum Gasteiger partial charge on any atom is 0.335 e. The first kappa shape index (κ1) is 21.6. The first-order chi connectivity index (χ1) is 12.6. The highest BCUT2D eigenvalue weighted by atomic mass is 32.2. The lowest BCUT2D eigenvalue weighted by molar-refractivity contribution is 0.0696. The second kappa shape index (κ2) is 11.3. The number of aromatic carboxylic acids is 1. The van der Waals surface area contributed by atoms with Gasteiger partial charge in [-0.15, -0.1) is 23.5 Å². The molecule has 1 atom stereocenters. The van der Waals surface area contributed by atoms with Crippen molar-refractivity contribution in [3.05, 3.63) is 35.4 Å². The molecular weight excluding hydrogens is 364 g/mol. The molecule has 3 nitrogen and oxygen atoms in total. The van der Waals surface area contributed by atoms with Gasteiger partial charge in [-0.05, 0) is 42.0 Å². The van der Waals surface area contributed by atoms with E-state index in [1.54, 1.807) is 24.3 Å². The maximum absolute atomic E-state index is 11.1. The van der Waals surface area contributed by atoms with Gasteiger partial charge in [0.1, 0.15) is 6.10 Å². The van der Waals surface area contributed by atoms with Gasteiger partial charge in [-0.2, -0.15) is 0 Å². The first-order valence-corrected chi connectivity index (χ1v) is 11.9. The average Bonchev–Trinajstić information content (AvgIpc) is 2.67. The minimum Gasteiger partial charge on any atom is -0.478 e. The van der Waals surface area contributed by atoms with Crippen LogP contribution in [0.4, 0.5) is 0 Å². The third-order valence-electron chi connectivity index (χ3n) is 5.00. The molecule has 0 aliphatic carbocycles. The first-order valence-electron chi connectivity index (χ1n) is 9.88. The summed E-state index contributed by atoms with van der Waals surface area (Å²) in [7, 11) is 0. The Labute approximate surface area is 166 Å². The monoisotopic (exact) mass is 396 g/mol. The molecule has 146 valence electrons. The quantitative estimate of drug-likeness (QED) is 0.441. The number of thioether (sulfide) groups is 2. The van der Waals surface area contributed by atoms with Crippen molar-refractivity contribution in [3.8, 4) is 0 Å². The Morgan fingerprint density at radius 1 is 1.04 bits per heavy atom. The molecule has 2 N–H and O–H groups in total. The lowest BCUT2D eigenvalue weighted by Gasteiger charge is -2.40.